The Morgan fingerprint density at radius 3 is 2.92 bits per heavy atom. The second-order valence-corrected chi connectivity index (χ2v) is 7.63. The summed E-state index contributed by atoms with van der Waals surface area (Å²) in [6.45, 7) is 6.72. The lowest BCUT2D eigenvalue weighted by atomic mass is 9.75. The van der Waals surface area contributed by atoms with Crippen LogP contribution in [0.2, 0.25) is 0 Å². The minimum atomic E-state index is -0.0619. The summed E-state index contributed by atoms with van der Waals surface area (Å²) in [7, 11) is 0. The topological polar surface area (TPSA) is 66.1 Å². The Morgan fingerprint density at radius 2 is 2.12 bits per heavy atom. The van der Waals surface area contributed by atoms with Gasteiger partial charge in [0, 0.05) is 36.6 Å². The number of pyridine rings is 1. The van der Waals surface area contributed by atoms with Gasteiger partial charge in [-0.1, -0.05) is 13.8 Å². The van der Waals surface area contributed by atoms with Gasteiger partial charge in [0.15, 0.2) is 5.78 Å². The van der Waals surface area contributed by atoms with Crippen molar-refractivity contribution in [3.63, 3.8) is 0 Å². The molecule has 3 heterocycles. The van der Waals surface area contributed by atoms with Crippen molar-refractivity contribution in [1.29, 1.82) is 0 Å². The highest BCUT2D eigenvalue weighted by Crippen LogP contribution is 2.37. The highest BCUT2D eigenvalue weighted by molar-refractivity contribution is 6.10. The third-order valence-corrected chi connectivity index (χ3v) is 5.13. The van der Waals surface area contributed by atoms with E-state index in [1.807, 2.05) is 19.2 Å². The summed E-state index contributed by atoms with van der Waals surface area (Å²) in [5.41, 5.74) is 4.94. The molecule has 0 bridgehead atoms. The number of carbonyl (C=O) groups is 2. The van der Waals surface area contributed by atoms with Gasteiger partial charge >= 0.3 is 0 Å². The Morgan fingerprint density at radius 1 is 1.33 bits per heavy atom. The predicted octanol–water partition coefficient (Wildman–Crippen LogP) is 3.08. The van der Waals surface area contributed by atoms with E-state index >= 15 is 0 Å². The van der Waals surface area contributed by atoms with Crippen LogP contribution in [0, 0.1) is 12.3 Å². The summed E-state index contributed by atoms with van der Waals surface area (Å²) >= 11 is 0. The number of hydrogen-bond donors (Lipinski definition) is 1. The molecule has 1 N–H and O–H groups in total. The van der Waals surface area contributed by atoms with Gasteiger partial charge in [-0.25, -0.2) is 0 Å². The van der Waals surface area contributed by atoms with Crippen molar-refractivity contribution in [3.05, 3.63) is 46.5 Å². The Hall–Kier alpha value is -2.43. The van der Waals surface area contributed by atoms with Crippen molar-refractivity contribution in [3.8, 4) is 0 Å². The molecule has 1 amide bonds. The quantitative estimate of drug-likeness (QED) is 0.877. The van der Waals surface area contributed by atoms with Crippen molar-refractivity contribution in [1.82, 2.24) is 9.97 Å². The maximum absolute atomic E-state index is 13.1. The van der Waals surface area contributed by atoms with Crippen LogP contribution in [-0.2, 0) is 12.8 Å². The van der Waals surface area contributed by atoms with E-state index in [2.05, 4.69) is 23.8 Å². The first kappa shape index (κ1) is 15.1. The second kappa shape index (κ2) is 5.03. The Labute approximate surface area is 141 Å². The highest BCUT2D eigenvalue weighted by Gasteiger charge is 2.36. The van der Waals surface area contributed by atoms with Crippen LogP contribution in [0.3, 0.4) is 0 Å². The smallest absolute Gasteiger partial charge is 0.275 e. The zero-order chi connectivity index (χ0) is 17.1. The van der Waals surface area contributed by atoms with Gasteiger partial charge in [-0.15, -0.1) is 0 Å². The molecule has 0 aromatic carbocycles. The summed E-state index contributed by atoms with van der Waals surface area (Å²) in [4.78, 5) is 34.8. The molecular formula is C19H21N3O2. The number of H-pyrrole nitrogens is 1. The number of nitrogens with zero attached hydrogens (tertiary/aromatic N) is 2. The molecule has 0 saturated heterocycles. The maximum Gasteiger partial charge on any atom is 0.275 e. The minimum Gasteiger partial charge on any atom is -0.354 e. The number of rotatable bonds is 1. The number of amides is 1. The number of anilines is 1. The normalized spacial score (nSPS) is 18.5. The molecule has 0 saturated carbocycles. The number of nitrogens with one attached hydrogen (secondary N) is 1. The molecule has 2 aliphatic rings. The van der Waals surface area contributed by atoms with Gasteiger partial charge in [-0.05, 0) is 42.4 Å². The lowest BCUT2D eigenvalue weighted by molar-refractivity contribution is 0.0910. The van der Waals surface area contributed by atoms with Gasteiger partial charge in [0.2, 0.25) is 0 Å². The molecule has 4 rings (SSSR count). The molecule has 0 unspecified atom stereocenters. The van der Waals surface area contributed by atoms with Crippen molar-refractivity contribution in [2.75, 3.05) is 11.4 Å². The number of carbonyl (C=O) groups excluding carboxylic acids is 2. The van der Waals surface area contributed by atoms with E-state index in [4.69, 9.17) is 0 Å². The predicted molar refractivity (Wildman–Crippen MR) is 91.6 cm³/mol. The Kier molecular flexibility index (Phi) is 3.17. The molecule has 5 nitrogen and oxygen atoms in total. The van der Waals surface area contributed by atoms with Gasteiger partial charge in [-0.3, -0.25) is 14.6 Å². The van der Waals surface area contributed by atoms with Crippen LogP contribution in [0.5, 0.6) is 0 Å². The van der Waals surface area contributed by atoms with E-state index in [1.165, 1.54) is 0 Å². The van der Waals surface area contributed by atoms with Gasteiger partial charge in [-0.2, -0.15) is 0 Å². The van der Waals surface area contributed by atoms with E-state index < -0.39 is 0 Å². The molecule has 2 aromatic rings. The van der Waals surface area contributed by atoms with Crippen molar-refractivity contribution in [2.24, 2.45) is 5.41 Å². The summed E-state index contributed by atoms with van der Waals surface area (Å²) in [6, 6.07) is 1.88. The summed E-state index contributed by atoms with van der Waals surface area (Å²) in [6.07, 6.45) is 5.68. The first-order valence-corrected chi connectivity index (χ1v) is 8.37. The van der Waals surface area contributed by atoms with Crippen LogP contribution in [0.25, 0.3) is 0 Å². The second-order valence-electron chi connectivity index (χ2n) is 7.63. The third-order valence-electron chi connectivity index (χ3n) is 5.13. The molecule has 24 heavy (non-hydrogen) atoms. The standard InChI is InChI=1S/C19H21N3O2/c1-11-16-13(8-19(2,3)9-15(16)23)21-17(11)18(24)22-7-5-12-10-20-6-4-14(12)22/h4,6,10,21H,5,7-9H2,1-3H3. The molecular weight excluding hydrogens is 302 g/mol. The number of aromatic amines is 1. The number of fused-ring (bicyclic) bond motifs is 2. The monoisotopic (exact) mass is 323 g/mol. The number of aromatic nitrogens is 2. The molecule has 124 valence electrons. The Balaban J connectivity index is 1.74. The fourth-order valence-electron chi connectivity index (χ4n) is 4.02. The van der Waals surface area contributed by atoms with Crippen LogP contribution in [0.1, 0.15) is 57.9 Å². The number of Topliss-reactive ketones (excluding diaryl/α,β-unsaturated/α-hetero) is 1. The van der Waals surface area contributed by atoms with Crippen LogP contribution in [0.4, 0.5) is 5.69 Å². The Bertz CT molecular complexity index is 863. The maximum atomic E-state index is 13.1. The molecule has 1 aliphatic carbocycles. The molecule has 0 radical (unpaired) electrons. The van der Waals surface area contributed by atoms with Crippen LogP contribution in [-0.4, -0.2) is 28.2 Å². The van der Waals surface area contributed by atoms with Crippen LogP contribution < -0.4 is 4.90 Å². The van der Waals surface area contributed by atoms with Gasteiger partial charge in [0.25, 0.3) is 5.91 Å². The summed E-state index contributed by atoms with van der Waals surface area (Å²) in [5.74, 6) is 0.0810. The van der Waals surface area contributed by atoms with Gasteiger partial charge in [0.1, 0.15) is 5.69 Å². The van der Waals surface area contributed by atoms with Gasteiger partial charge in [0.05, 0.1) is 5.69 Å². The van der Waals surface area contributed by atoms with E-state index in [0.29, 0.717) is 18.7 Å². The molecule has 0 fully saturated rings. The number of ketones is 1. The first-order valence-electron chi connectivity index (χ1n) is 8.37. The summed E-state index contributed by atoms with van der Waals surface area (Å²) in [5, 5.41) is 0. The van der Waals surface area contributed by atoms with Crippen molar-refractivity contribution < 1.29 is 9.59 Å². The van der Waals surface area contributed by atoms with Crippen LogP contribution in [0.15, 0.2) is 18.5 Å². The largest absolute Gasteiger partial charge is 0.354 e. The van der Waals surface area contributed by atoms with E-state index in [9.17, 15) is 9.59 Å². The third kappa shape index (κ3) is 2.19. The first-order chi connectivity index (χ1) is 11.4. The molecule has 2 aromatic heterocycles. The molecule has 1 aliphatic heterocycles. The van der Waals surface area contributed by atoms with Gasteiger partial charge < -0.3 is 9.88 Å². The zero-order valence-electron chi connectivity index (χ0n) is 14.3. The fraction of sp³-hybridized carbons (Fsp3) is 0.421. The fourth-order valence-corrected chi connectivity index (χ4v) is 4.02. The molecule has 0 atom stereocenters. The average Bonchev–Trinajstić information content (AvgIpc) is 3.07. The lowest BCUT2D eigenvalue weighted by Gasteiger charge is -2.28. The highest BCUT2D eigenvalue weighted by atomic mass is 16.2. The average molecular weight is 323 g/mol. The summed E-state index contributed by atoms with van der Waals surface area (Å²) < 4.78 is 0. The number of hydrogen-bond acceptors (Lipinski definition) is 3. The van der Waals surface area contributed by atoms with E-state index in [1.54, 1.807) is 11.1 Å². The van der Waals surface area contributed by atoms with E-state index in [0.717, 1.165) is 40.9 Å². The van der Waals surface area contributed by atoms with Crippen LogP contribution >= 0.6 is 0 Å². The zero-order valence-corrected chi connectivity index (χ0v) is 14.3. The molecule has 5 heteroatoms. The van der Waals surface area contributed by atoms with Crippen molar-refractivity contribution >= 4 is 17.4 Å². The minimum absolute atomic E-state index is 0.0579. The van der Waals surface area contributed by atoms with E-state index in [-0.39, 0.29) is 17.1 Å². The molecule has 0 spiro atoms. The lowest BCUT2D eigenvalue weighted by Crippen LogP contribution is -2.29. The van der Waals surface area contributed by atoms with Crippen molar-refractivity contribution in [2.45, 2.75) is 40.0 Å². The SMILES string of the molecule is Cc1c(C(=O)N2CCc3cnccc32)[nH]c2c1C(=O)CC(C)(C)C2.